The number of fused-ring (bicyclic) bond motifs is 1. The number of carbonyl (C=O) groups is 1. The van der Waals surface area contributed by atoms with Crippen LogP contribution < -0.4 is 5.73 Å². The minimum atomic E-state index is -4.19. The van der Waals surface area contributed by atoms with Gasteiger partial charge in [0, 0.05) is 17.3 Å². The standard InChI is InChI=1S/C17H17BrN2O5S2/c1-26(22,23)13-6-7-14(18)16(9-13)27(24,25)20-10-12-5-3-2-4-11(12)8-15(20)17(19)21/h2-7,9,15H,8,10H2,1H3,(H2,19,21)/t15-/m0/s1. The second kappa shape index (κ2) is 7.01. The van der Waals surface area contributed by atoms with E-state index in [0.29, 0.717) is 0 Å². The molecular weight excluding hydrogens is 456 g/mol. The number of sulfone groups is 1. The Morgan fingerprint density at radius 3 is 2.33 bits per heavy atom. The molecule has 2 aromatic carbocycles. The van der Waals surface area contributed by atoms with Gasteiger partial charge in [0.05, 0.1) is 9.79 Å². The normalized spacial score (nSPS) is 18.1. The predicted molar refractivity (Wildman–Crippen MR) is 103 cm³/mol. The highest BCUT2D eigenvalue weighted by Crippen LogP contribution is 2.33. The fourth-order valence-corrected chi connectivity index (χ4v) is 6.28. The maximum absolute atomic E-state index is 13.3. The molecule has 0 spiro atoms. The number of amides is 1. The fourth-order valence-electron chi connectivity index (χ4n) is 3.03. The molecule has 0 aliphatic carbocycles. The van der Waals surface area contributed by atoms with Gasteiger partial charge in [-0.25, -0.2) is 16.8 Å². The first-order valence-corrected chi connectivity index (χ1v) is 12.0. The number of nitrogens with zero attached hydrogens (tertiary/aromatic N) is 1. The molecule has 0 aromatic heterocycles. The van der Waals surface area contributed by atoms with Crippen LogP contribution in [0.4, 0.5) is 0 Å². The highest BCUT2D eigenvalue weighted by atomic mass is 79.9. The number of halogens is 1. The third kappa shape index (κ3) is 3.79. The smallest absolute Gasteiger partial charge is 0.245 e. The summed E-state index contributed by atoms with van der Waals surface area (Å²) in [5.41, 5.74) is 7.10. The van der Waals surface area contributed by atoms with Crippen LogP contribution in [0.2, 0.25) is 0 Å². The molecule has 1 heterocycles. The zero-order chi connectivity index (χ0) is 20.0. The van der Waals surface area contributed by atoms with E-state index in [1.807, 2.05) is 12.1 Å². The van der Waals surface area contributed by atoms with Gasteiger partial charge < -0.3 is 5.73 Å². The van der Waals surface area contributed by atoms with E-state index >= 15 is 0 Å². The van der Waals surface area contributed by atoms with E-state index in [9.17, 15) is 21.6 Å². The van der Waals surface area contributed by atoms with Crippen LogP contribution >= 0.6 is 15.9 Å². The molecule has 1 atom stereocenters. The minimum absolute atomic E-state index is 0.0261. The molecule has 0 radical (unpaired) electrons. The largest absolute Gasteiger partial charge is 0.368 e. The number of sulfonamides is 1. The van der Waals surface area contributed by atoms with E-state index in [4.69, 9.17) is 5.73 Å². The van der Waals surface area contributed by atoms with Crippen molar-refractivity contribution in [3.63, 3.8) is 0 Å². The van der Waals surface area contributed by atoms with Crippen molar-refractivity contribution in [2.45, 2.75) is 28.8 Å². The summed E-state index contributed by atoms with van der Waals surface area (Å²) in [6, 6.07) is 9.93. The van der Waals surface area contributed by atoms with Crippen LogP contribution in [0, 0.1) is 0 Å². The molecule has 144 valence electrons. The van der Waals surface area contributed by atoms with E-state index in [2.05, 4.69) is 15.9 Å². The lowest BCUT2D eigenvalue weighted by Crippen LogP contribution is -2.51. The first-order valence-electron chi connectivity index (χ1n) is 7.89. The van der Waals surface area contributed by atoms with Crippen molar-refractivity contribution >= 4 is 41.7 Å². The first kappa shape index (κ1) is 20.0. The Labute approximate surface area is 166 Å². The van der Waals surface area contributed by atoms with Gasteiger partial charge in [0.1, 0.15) is 6.04 Å². The van der Waals surface area contributed by atoms with Crippen molar-refractivity contribution < 1.29 is 21.6 Å². The Bertz CT molecular complexity index is 1130. The number of hydrogen-bond donors (Lipinski definition) is 1. The topological polar surface area (TPSA) is 115 Å². The summed E-state index contributed by atoms with van der Waals surface area (Å²) in [4.78, 5) is 11.6. The SMILES string of the molecule is CS(=O)(=O)c1ccc(Br)c(S(=O)(=O)N2Cc3ccccc3C[C@H]2C(N)=O)c1. The molecule has 0 fully saturated rings. The summed E-state index contributed by atoms with van der Waals surface area (Å²) in [5.74, 6) is -0.761. The molecule has 7 nitrogen and oxygen atoms in total. The lowest BCUT2D eigenvalue weighted by Gasteiger charge is -2.34. The Hall–Kier alpha value is -1.75. The molecule has 2 N–H and O–H groups in total. The lowest BCUT2D eigenvalue weighted by atomic mass is 9.96. The lowest BCUT2D eigenvalue weighted by molar-refractivity contribution is -0.122. The highest BCUT2D eigenvalue weighted by Gasteiger charge is 2.39. The third-order valence-electron chi connectivity index (χ3n) is 4.45. The van der Waals surface area contributed by atoms with E-state index in [1.165, 1.54) is 12.1 Å². The summed E-state index contributed by atoms with van der Waals surface area (Å²) in [6.45, 7) is -0.0261. The van der Waals surface area contributed by atoms with Crippen LogP contribution in [0.5, 0.6) is 0 Å². The van der Waals surface area contributed by atoms with Gasteiger partial charge in [0.2, 0.25) is 15.9 Å². The molecule has 2 aromatic rings. The van der Waals surface area contributed by atoms with Crippen molar-refractivity contribution in [3.8, 4) is 0 Å². The van der Waals surface area contributed by atoms with Gasteiger partial charge in [0.25, 0.3) is 0 Å². The number of carbonyl (C=O) groups excluding carboxylic acids is 1. The number of primary amides is 1. The van der Waals surface area contributed by atoms with Crippen molar-refractivity contribution in [3.05, 3.63) is 58.1 Å². The molecule has 27 heavy (non-hydrogen) atoms. The van der Waals surface area contributed by atoms with E-state index in [0.717, 1.165) is 27.8 Å². The van der Waals surface area contributed by atoms with Crippen molar-refractivity contribution in [2.24, 2.45) is 5.73 Å². The van der Waals surface area contributed by atoms with Crippen LogP contribution in [-0.2, 0) is 37.6 Å². The Morgan fingerprint density at radius 2 is 1.74 bits per heavy atom. The van der Waals surface area contributed by atoms with E-state index in [1.54, 1.807) is 12.1 Å². The summed E-state index contributed by atoms with van der Waals surface area (Å²) in [5, 5.41) is 0. The maximum Gasteiger partial charge on any atom is 0.245 e. The minimum Gasteiger partial charge on any atom is -0.368 e. The van der Waals surface area contributed by atoms with Gasteiger partial charge >= 0.3 is 0 Å². The Balaban J connectivity index is 2.15. The highest BCUT2D eigenvalue weighted by molar-refractivity contribution is 9.10. The Morgan fingerprint density at radius 1 is 1.11 bits per heavy atom. The average molecular weight is 473 g/mol. The molecule has 0 unspecified atom stereocenters. The maximum atomic E-state index is 13.3. The molecule has 1 aliphatic rings. The van der Waals surface area contributed by atoms with Gasteiger partial charge in [-0.3, -0.25) is 4.79 Å². The fraction of sp³-hybridized carbons (Fsp3) is 0.235. The van der Waals surface area contributed by atoms with Crippen molar-refractivity contribution in [1.82, 2.24) is 4.31 Å². The second-order valence-corrected chi connectivity index (χ2v) is 11.0. The summed E-state index contributed by atoms with van der Waals surface area (Å²) >= 11 is 3.17. The first-order chi connectivity index (χ1) is 12.5. The Kier molecular flexibility index (Phi) is 5.19. The van der Waals surface area contributed by atoms with E-state index in [-0.39, 0.29) is 27.2 Å². The molecule has 0 saturated carbocycles. The molecule has 0 saturated heterocycles. The van der Waals surface area contributed by atoms with Gasteiger partial charge in [-0.05, 0) is 51.7 Å². The number of hydrogen-bond acceptors (Lipinski definition) is 5. The average Bonchev–Trinajstić information content (AvgIpc) is 2.59. The molecule has 0 bridgehead atoms. The monoisotopic (exact) mass is 472 g/mol. The predicted octanol–water partition coefficient (Wildman–Crippen LogP) is 1.45. The van der Waals surface area contributed by atoms with Crippen LogP contribution in [-0.4, -0.2) is 39.3 Å². The van der Waals surface area contributed by atoms with Gasteiger partial charge in [0.15, 0.2) is 9.84 Å². The number of benzene rings is 2. The molecular formula is C17H17BrN2O5S2. The summed E-state index contributed by atoms with van der Waals surface area (Å²) in [7, 11) is -7.80. The zero-order valence-electron chi connectivity index (χ0n) is 14.3. The molecule has 10 heteroatoms. The summed E-state index contributed by atoms with van der Waals surface area (Å²) < 4.78 is 51.5. The molecule has 1 amide bonds. The quantitative estimate of drug-likeness (QED) is 0.722. The van der Waals surface area contributed by atoms with Crippen molar-refractivity contribution in [1.29, 1.82) is 0 Å². The van der Waals surface area contributed by atoms with Gasteiger partial charge in [-0.2, -0.15) is 4.31 Å². The summed E-state index contributed by atoms with van der Waals surface area (Å²) in [6.07, 6.45) is 1.16. The van der Waals surface area contributed by atoms with Crippen LogP contribution in [0.1, 0.15) is 11.1 Å². The number of rotatable bonds is 4. The number of nitrogens with two attached hydrogens (primary N) is 1. The van der Waals surface area contributed by atoms with Crippen molar-refractivity contribution in [2.75, 3.05) is 6.26 Å². The van der Waals surface area contributed by atoms with Crippen LogP contribution in [0.25, 0.3) is 0 Å². The van der Waals surface area contributed by atoms with Gasteiger partial charge in [-0.15, -0.1) is 0 Å². The molecule has 3 rings (SSSR count). The van der Waals surface area contributed by atoms with Gasteiger partial charge in [-0.1, -0.05) is 24.3 Å². The third-order valence-corrected chi connectivity index (χ3v) is 8.41. The van der Waals surface area contributed by atoms with Crippen LogP contribution in [0.3, 0.4) is 0 Å². The van der Waals surface area contributed by atoms with Crippen LogP contribution in [0.15, 0.2) is 56.7 Å². The zero-order valence-corrected chi connectivity index (χ0v) is 17.5. The molecule has 1 aliphatic heterocycles. The van der Waals surface area contributed by atoms with E-state index < -0.39 is 31.8 Å². The second-order valence-electron chi connectivity index (χ2n) is 6.31.